The fourth-order valence-corrected chi connectivity index (χ4v) is 2.50. The van der Waals surface area contributed by atoms with Crippen LogP contribution < -0.4 is 10.6 Å². The SMILES string of the molecule is CCC(C)N(CC)c1ccc(CC(C)N)c(C(F)(F)F)c1. The fraction of sp³-hybridized carbons (Fsp3) is 0.625. The van der Waals surface area contributed by atoms with E-state index in [-0.39, 0.29) is 24.1 Å². The molecule has 0 heterocycles. The maximum Gasteiger partial charge on any atom is 0.416 e. The summed E-state index contributed by atoms with van der Waals surface area (Å²) in [6, 6.07) is 4.49. The van der Waals surface area contributed by atoms with E-state index in [2.05, 4.69) is 0 Å². The molecule has 0 radical (unpaired) electrons. The Labute approximate surface area is 125 Å². The molecule has 120 valence electrons. The highest BCUT2D eigenvalue weighted by molar-refractivity contribution is 5.52. The highest BCUT2D eigenvalue weighted by Gasteiger charge is 2.34. The highest BCUT2D eigenvalue weighted by Crippen LogP contribution is 2.35. The van der Waals surface area contributed by atoms with Gasteiger partial charge in [-0.3, -0.25) is 0 Å². The van der Waals surface area contributed by atoms with Crippen LogP contribution in [0.3, 0.4) is 0 Å². The Morgan fingerprint density at radius 2 is 1.81 bits per heavy atom. The molecule has 0 saturated carbocycles. The molecule has 0 spiro atoms. The molecule has 2 unspecified atom stereocenters. The number of hydrogen-bond acceptors (Lipinski definition) is 2. The molecule has 0 aliphatic rings. The number of benzene rings is 1. The summed E-state index contributed by atoms with van der Waals surface area (Å²) in [4.78, 5) is 1.99. The smallest absolute Gasteiger partial charge is 0.369 e. The fourth-order valence-electron chi connectivity index (χ4n) is 2.50. The van der Waals surface area contributed by atoms with Crippen LogP contribution in [0.25, 0.3) is 0 Å². The molecule has 2 nitrogen and oxygen atoms in total. The lowest BCUT2D eigenvalue weighted by molar-refractivity contribution is -0.138. The number of halogens is 3. The minimum absolute atomic E-state index is 0.204. The molecule has 0 aliphatic carbocycles. The van der Waals surface area contributed by atoms with Crippen molar-refractivity contribution in [3.63, 3.8) is 0 Å². The van der Waals surface area contributed by atoms with E-state index in [4.69, 9.17) is 5.73 Å². The van der Waals surface area contributed by atoms with E-state index in [1.807, 2.05) is 25.7 Å². The lowest BCUT2D eigenvalue weighted by atomic mass is 9.99. The first-order valence-electron chi connectivity index (χ1n) is 7.43. The van der Waals surface area contributed by atoms with Crippen molar-refractivity contribution in [3.05, 3.63) is 29.3 Å². The molecular formula is C16H25F3N2. The molecule has 0 aliphatic heterocycles. The van der Waals surface area contributed by atoms with Crippen LogP contribution in [0, 0.1) is 0 Å². The molecule has 2 atom stereocenters. The van der Waals surface area contributed by atoms with Crippen molar-refractivity contribution in [1.29, 1.82) is 0 Å². The number of alkyl halides is 3. The van der Waals surface area contributed by atoms with Gasteiger partial charge in [0.2, 0.25) is 0 Å². The Morgan fingerprint density at radius 1 is 1.19 bits per heavy atom. The van der Waals surface area contributed by atoms with Crippen molar-refractivity contribution in [3.8, 4) is 0 Å². The summed E-state index contributed by atoms with van der Waals surface area (Å²) in [5.41, 5.74) is 5.97. The van der Waals surface area contributed by atoms with Crippen LogP contribution in [0.5, 0.6) is 0 Å². The Morgan fingerprint density at radius 3 is 2.24 bits per heavy atom. The maximum absolute atomic E-state index is 13.3. The van der Waals surface area contributed by atoms with Gasteiger partial charge in [-0.25, -0.2) is 0 Å². The van der Waals surface area contributed by atoms with Crippen LogP contribution in [0.4, 0.5) is 18.9 Å². The minimum atomic E-state index is -4.35. The largest absolute Gasteiger partial charge is 0.416 e. The normalized spacial score (nSPS) is 14.9. The summed E-state index contributed by atoms with van der Waals surface area (Å²) in [5, 5.41) is 0. The predicted octanol–water partition coefficient (Wildman–Crippen LogP) is 4.22. The number of nitrogens with zero attached hydrogens (tertiary/aromatic N) is 1. The van der Waals surface area contributed by atoms with E-state index in [9.17, 15) is 13.2 Å². The van der Waals surface area contributed by atoms with Gasteiger partial charge in [-0.1, -0.05) is 13.0 Å². The van der Waals surface area contributed by atoms with Crippen molar-refractivity contribution < 1.29 is 13.2 Å². The zero-order valence-electron chi connectivity index (χ0n) is 13.2. The summed E-state index contributed by atoms with van der Waals surface area (Å²) in [6.45, 7) is 8.40. The van der Waals surface area contributed by atoms with Gasteiger partial charge < -0.3 is 10.6 Å². The number of anilines is 1. The van der Waals surface area contributed by atoms with Crippen LogP contribution in [0.2, 0.25) is 0 Å². The van der Waals surface area contributed by atoms with E-state index >= 15 is 0 Å². The zero-order chi connectivity index (χ0) is 16.2. The molecule has 5 heteroatoms. The molecule has 0 bridgehead atoms. The van der Waals surface area contributed by atoms with Crippen molar-refractivity contribution >= 4 is 5.69 Å². The van der Waals surface area contributed by atoms with Crippen LogP contribution in [-0.2, 0) is 12.6 Å². The highest BCUT2D eigenvalue weighted by atomic mass is 19.4. The van der Waals surface area contributed by atoms with Gasteiger partial charge in [-0.05, 0) is 51.3 Å². The first-order chi connectivity index (χ1) is 9.70. The van der Waals surface area contributed by atoms with E-state index in [0.717, 1.165) is 6.42 Å². The lowest BCUT2D eigenvalue weighted by Crippen LogP contribution is -2.32. The summed E-state index contributed by atoms with van der Waals surface area (Å²) in [7, 11) is 0. The van der Waals surface area contributed by atoms with Crippen molar-refractivity contribution in [1.82, 2.24) is 0 Å². The van der Waals surface area contributed by atoms with Gasteiger partial charge in [0.1, 0.15) is 0 Å². The third kappa shape index (κ3) is 4.63. The van der Waals surface area contributed by atoms with Gasteiger partial charge >= 0.3 is 6.18 Å². The van der Waals surface area contributed by atoms with E-state index in [1.165, 1.54) is 6.07 Å². The molecule has 1 aromatic rings. The molecule has 21 heavy (non-hydrogen) atoms. The van der Waals surface area contributed by atoms with Gasteiger partial charge in [0.15, 0.2) is 0 Å². The Bertz CT molecular complexity index is 455. The average Bonchev–Trinajstić information content (AvgIpc) is 2.38. The second-order valence-electron chi connectivity index (χ2n) is 5.56. The molecular weight excluding hydrogens is 277 g/mol. The van der Waals surface area contributed by atoms with Crippen LogP contribution >= 0.6 is 0 Å². The first-order valence-corrected chi connectivity index (χ1v) is 7.43. The Balaban J connectivity index is 3.26. The van der Waals surface area contributed by atoms with E-state index in [1.54, 1.807) is 19.1 Å². The topological polar surface area (TPSA) is 29.3 Å². The van der Waals surface area contributed by atoms with E-state index in [0.29, 0.717) is 12.2 Å². The van der Waals surface area contributed by atoms with Crippen LogP contribution in [0.15, 0.2) is 18.2 Å². The third-order valence-electron chi connectivity index (χ3n) is 3.74. The third-order valence-corrected chi connectivity index (χ3v) is 3.74. The summed E-state index contributed by atoms with van der Waals surface area (Å²) in [6.07, 6.45) is -3.24. The first kappa shape index (κ1) is 17.8. The van der Waals surface area contributed by atoms with Gasteiger partial charge in [0.05, 0.1) is 5.56 Å². The molecule has 1 aromatic carbocycles. The summed E-state index contributed by atoms with van der Waals surface area (Å²) >= 11 is 0. The Hall–Kier alpha value is -1.23. The quantitative estimate of drug-likeness (QED) is 0.852. The lowest BCUT2D eigenvalue weighted by Gasteiger charge is -2.30. The number of hydrogen-bond donors (Lipinski definition) is 1. The second-order valence-corrected chi connectivity index (χ2v) is 5.56. The average molecular weight is 302 g/mol. The maximum atomic E-state index is 13.3. The van der Waals surface area contributed by atoms with Crippen molar-refractivity contribution in [2.24, 2.45) is 5.73 Å². The minimum Gasteiger partial charge on any atom is -0.369 e. The van der Waals surface area contributed by atoms with Crippen molar-refractivity contribution in [2.75, 3.05) is 11.4 Å². The number of nitrogens with two attached hydrogens (primary N) is 1. The molecule has 0 aromatic heterocycles. The second kappa shape index (κ2) is 7.16. The van der Waals surface area contributed by atoms with Gasteiger partial charge in [-0.2, -0.15) is 13.2 Å². The summed E-state index contributed by atoms with van der Waals surface area (Å²) in [5.74, 6) is 0. The number of rotatable bonds is 6. The van der Waals surface area contributed by atoms with Gasteiger partial charge in [0, 0.05) is 24.3 Å². The summed E-state index contributed by atoms with van der Waals surface area (Å²) < 4.78 is 39.8. The molecule has 0 saturated heterocycles. The van der Waals surface area contributed by atoms with Crippen molar-refractivity contribution in [2.45, 2.75) is 58.8 Å². The zero-order valence-corrected chi connectivity index (χ0v) is 13.2. The van der Waals surface area contributed by atoms with Gasteiger partial charge in [0.25, 0.3) is 0 Å². The monoisotopic (exact) mass is 302 g/mol. The molecule has 2 N–H and O–H groups in total. The van der Waals surface area contributed by atoms with Crippen LogP contribution in [0.1, 0.15) is 45.2 Å². The van der Waals surface area contributed by atoms with Crippen LogP contribution in [-0.4, -0.2) is 18.6 Å². The molecule has 0 amide bonds. The van der Waals surface area contributed by atoms with Gasteiger partial charge in [-0.15, -0.1) is 0 Å². The predicted molar refractivity (Wildman–Crippen MR) is 81.6 cm³/mol. The van der Waals surface area contributed by atoms with E-state index < -0.39 is 11.7 Å². The standard InChI is InChI=1S/C16H25F3N2/c1-5-12(4)21(6-2)14-8-7-13(9-11(3)20)15(10-14)16(17,18)19/h7-8,10-12H,5-6,9,20H2,1-4H3. The molecule has 0 fully saturated rings. The Kier molecular flexibility index (Phi) is 6.08. The molecule has 1 rings (SSSR count).